The Morgan fingerprint density at radius 1 is 1.50 bits per heavy atom. The van der Waals surface area contributed by atoms with E-state index in [0.29, 0.717) is 0 Å². The fourth-order valence-corrected chi connectivity index (χ4v) is 1.68. The van der Waals surface area contributed by atoms with E-state index in [1.54, 1.807) is 5.57 Å². The third-order valence-electron chi connectivity index (χ3n) is 2.16. The van der Waals surface area contributed by atoms with Crippen LogP contribution in [0.5, 0.6) is 0 Å². The molecule has 0 aromatic rings. The van der Waals surface area contributed by atoms with Crippen molar-refractivity contribution in [3.05, 3.63) is 11.6 Å². The zero-order chi connectivity index (χ0) is 4.69. The third-order valence-corrected chi connectivity index (χ3v) is 2.16. The van der Waals surface area contributed by atoms with Gasteiger partial charge in [0.15, 0.2) is 0 Å². The molecule has 0 aromatic carbocycles. The van der Waals surface area contributed by atoms with Gasteiger partial charge in [-0.1, -0.05) is 11.6 Å². The van der Waals surface area contributed by atoms with Crippen molar-refractivity contribution < 1.29 is 0 Å². The molecule has 1 unspecified atom stereocenters. The fraction of sp³-hybridized carbons (Fsp3) is 0.714. The van der Waals surface area contributed by atoms with Crippen LogP contribution in [0.4, 0.5) is 0 Å². The van der Waals surface area contributed by atoms with Gasteiger partial charge in [-0.3, -0.25) is 0 Å². The summed E-state index contributed by atoms with van der Waals surface area (Å²) >= 11 is 0. The second kappa shape index (κ2) is 2.29. The molecule has 40 valence electrons. The van der Waals surface area contributed by atoms with E-state index in [1.807, 2.05) is 0 Å². The van der Waals surface area contributed by atoms with E-state index >= 15 is 0 Å². The Balaban J connectivity index is 0.000000320. The molecule has 2 aliphatic rings. The van der Waals surface area contributed by atoms with Crippen LogP contribution in [0.3, 0.4) is 0 Å². The number of fused-ring (bicyclic) bond motifs is 2. The summed E-state index contributed by atoms with van der Waals surface area (Å²) in [6.45, 7) is 0. The zero-order valence-corrected chi connectivity index (χ0v) is 4.48. The summed E-state index contributed by atoms with van der Waals surface area (Å²) in [6, 6.07) is 0. The molecule has 0 N–H and O–H groups in total. The first-order valence-electron chi connectivity index (χ1n) is 3.13. The van der Waals surface area contributed by atoms with E-state index < -0.39 is 0 Å². The maximum atomic E-state index is 2.42. The van der Waals surface area contributed by atoms with Crippen molar-refractivity contribution in [2.45, 2.75) is 25.7 Å². The van der Waals surface area contributed by atoms with Gasteiger partial charge in [0.05, 0.1) is 0 Å². The number of allylic oxidation sites excluding steroid dienone is 2. The molecule has 0 spiro atoms. The number of hydrogen-bond acceptors (Lipinski definition) is 0. The molecular weight excluding hydrogens is 91.0 g/mol. The van der Waals surface area contributed by atoms with E-state index in [-0.39, 0.29) is 18.9 Å². The van der Waals surface area contributed by atoms with Crippen LogP contribution in [0.25, 0.3) is 0 Å². The molecule has 1 heteroatoms. The summed E-state index contributed by atoms with van der Waals surface area (Å²) in [7, 11) is 0. The van der Waals surface area contributed by atoms with Crippen LogP contribution >= 0.6 is 0 Å². The average molecular weight is 102 g/mol. The average Bonchev–Trinajstić information content (AvgIpc) is 2.22. The van der Waals surface area contributed by atoms with Crippen LogP contribution < -0.4 is 0 Å². The molecule has 1 fully saturated rings. The SMILES string of the molecule is C1=C2CCC(C1)C2.[LiH]. The summed E-state index contributed by atoms with van der Waals surface area (Å²) in [6.07, 6.45) is 8.18. The maximum absolute atomic E-state index is 2.42. The summed E-state index contributed by atoms with van der Waals surface area (Å²) in [5.74, 6) is 1.08. The quantitative estimate of drug-likeness (QED) is 0.321. The molecule has 0 radical (unpaired) electrons. The van der Waals surface area contributed by atoms with E-state index in [0.717, 1.165) is 5.92 Å². The van der Waals surface area contributed by atoms with Gasteiger partial charge in [-0.25, -0.2) is 0 Å². The first-order valence-corrected chi connectivity index (χ1v) is 3.13. The minimum absolute atomic E-state index is 0. The van der Waals surface area contributed by atoms with Gasteiger partial charge in [0.1, 0.15) is 0 Å². The van der Waals surface area contributed by atoms with Gasteiger partial charge in [0.25, 0.3) is 0 Å². The summed E-state index contributed by atoms with van der Waals surface area (Å²) in [5.41, 5.74) is 1.74. The van der Waals surface area contributed by atoms with Crippen molar-refractivity contribution in [3.63, 3.8) is 0 Å². The van der Waals surface area contributed by atoms with Gasteiger partial charge in [-0.2, -0.15) is 0 Å². The Bertz CT molecular complexity index is 116. The molecule has 0 heterocycles. The van der Waals surface area contributed by atoms with E-state index in [9.17, 15) is 0 Å². The standard InChI is InChI=1S/C7H10.Li.H/c1-2-7-4-3-6(1)5-7;;/h1,7H,2-5H2;;. The fourth-order valence-electron chi connectivity index (χ4n) is 1.68. The zero-order valence-electron chi connectivity index (χ0n) is 4.48. The molecule has 1 saturated carbocycles. The van der Waals surface area contributed by atoms with Crippen molar-refractivity contribution in [1.29, 1.82) is 0 Å². The van der Waals surface area contributed by atoms with Crippen LogP contribution in [0, 0.1) is 5.92 Å². The van der Waals surface area contributed by atoms with Crippen LogP contribution in [-0.2, 0) is 0 Å². The van der Waals surface area contributed by atoms with E-state index in [2.05, 4.69) is 6.08 Å². The molecule has 0 saturated heterocycles. The minimum atomic E-state index is 0. The van der Waals surface area contributed by atoms with Crippen LogP contribution in [0.2, 0.25) is 0 Å². The number of hydrogen-bond donors (Lipinski definition) is 0. The van der Waals surface area contributed by atoms with Crippen molar-refractivity contribution in [1.82, 2.24) is 0 Å². The summed E-state index contributed by atoms with van der Waals surface area (Å²) in [4.78, 5) is 0. The van der Waals surface area contributed by atoms with E-state index in [1.165, 1.54) is 25.7 Å². The second-order valence-corrected chi connectivity index (χ2v) is 2.71. The molecule has 8 heavy (non-hydrogen) atoms. The monoisotopic (exact) mass is 102 g/mol. The Morgan fingerprint density at radius 3 is 2.50 bits per heavy atom. The van der Waals surface area contributed by atoms with Crippen molar-refractivity contribution >= 4 is 18.9 Å². The van der Waals surface area contributed by atoms with Crippen LogP contribution in [0.1, 0.15) is 25.7 Å². The molecule has 0 aliphatic heterocycles. The van der Waals surface area contributed by atoms with Gasteiger partial charge in [-0.05, 0) is 31.6 Å². The van der Waals surface area contributed by atoms with Gasteiger partial charge >= 0.3 is 18.9 Å². The Hall–Kier alpha value is 0.337. The van der Waals surface area contributed by atoms with Gasteiger partial charge < -0.3 is 0 Å². The summed E-state index contributed by atoms with van der Waals surface area (Å²) < 4.78 is 0. The van der Waals surface area contributed by atoms with Gasteiger partial charge in [0, 0.05) is 0 Å². The molecule has 0 nitrogen and oxygen atoms in total. The molecule has 1 atom stereocenters. The van der Waals surface area contributed by atoms with Crippen molar-refractivity contribution in [3.8, 4) is 0 Å². The molecule has 0 aromatic heterocycles. The number of rotatable bonds is 0. The Morgan fingerprint density at radius 2 is 2.38 bits per heavy atom. The normalized spacial score (nSPS) is 32.0. The molecular formula is C7H11Li. The first-order chi connectivity index (χ1) is 3.45. The predicted molar refractivity (Wildman–Crippen MR) is 37.2 cm³/mol. The van der Waals surface area contributed by atoms with E-state index in [4.69, 9.17) is 0 Å². The van der Waals surface area contributed by atoms with Gasteiger partial charge in [0.2, 0.25) is 0 Å². The van der Waals surface area contributed by atoms with Crippen LogP contribution in [-0.4, -0.2) is 18.9 Å². The predicted octanol–water partition coefficient (Wildman–Crippen LogP) is 1.47. The van der Waals surface area contributed by atoms with Crippen LogP contribution in [0.15, 0.2) is 11.6 Å². The third kappa shape index (κ3) is 0.878. The second-order valence-electron chi connectivity index (χ2n) is 2.71. The van der Waals surface area contributed by atoms with Crippen molar-refractivity contribution in [2.75, 3.05) is 0 Å². The molecule has 2 aliphatic carbocycles. The molecule has 2 bridgehead atoms. The molecule has 0 amide bonds. The molecule has 2 rings (SSSR count). The van der Waals surface area contributed by atoms with Crippen molar-refractivity contribution in [2.24, 2.45) is 5.92 Å². The Labute approximate surface area is 62.5 Å². The van der Waals surface area contributed by atoms with Gasteiger partial charge in [-0.15, -0.1) is 0 Å². The summed E-state index contributed by atoms with van der Waals surface area (Å²) in [5, 5.41) is 0. The Kier molecular flexibility index (Phi) is 1.85. The topological polar surface area (TPSA) is 0 Å². The first kappa shape index (κ1) is 6.46.